The number of carbonyl (C=O) groups is 2. The molecule has 0 saturated carbocycles. The van der Waals surface area contributed by atoms with E-state index >= 15 is 0 Å². The topological polar surface area (TPSA) is 51.1 Å². The molecule has 5 heteroatoms. The van der Waals surface area contributed by atoms with Crippen LogP contribution in [0.4, 0.5) is 5.69 Å². The van der Waals surface area contributed by atoms with Crippen molar-refractivity contribution in [2.24, 2.45) is 0 Å². The van der Waals surface area contributed by atoms with Crippen molar-refractivity contribution in [1.82, 2.24) is 4.57 Å². The number of hydrogen-bond donors (Lipinski definition) is 1. The van der Waals surface area contributed by atoms with Gasteiger partial charge in [0.05, 0.1) is 0 Å². The number of fused-ring (bicyclic) bond motifs is 1. The molecule has 0 aliphatic rings. The summed E-state index contributed by atoms with van der Waals surface area (Å²) in [4.78, 5) is 25.5. The molecule has 0 radical (unpaired) electrons. The van der Waals surface area contributed by atoms with Crippen LogP contribution in [0.5, 0.6) is 0 Å². The maximum absolute atomic E-state index is 13.0. The third-order valence-electron chi connectivity index (χ3n) is 4.51. The lowest BCUT2D eigenvalue weighted by atomic mass is 10.0. The Hall–Kier alpha value is -3.18. The highest BCUT2D eigenvalue weighted by Gasteiger charge is 2.17. The molecule has 1 N–H and O–H groups in total. The number of para-hydroxylation sites is 1. The van der Waals surface area contributed by atoms with Gasteiger partial charge >= 0.3 is 0 Å². The predicted molar refractivity (Wildman–Crippen MR) is 115 cm³/mol. The monoisotopic (exact) mass is 432 g/mol. The zero-order chi connectivity index (χ0) is 19.5. The third-order valence-corrected chi connectivity index (χ3v) is 5.04. The summed E-state index contributed by atoms with van der Waals surface area (Å²) in [5, 5.41) is 3.73. The molecule has 0 unspecified atom stereocenters. The summed E-state index contributed by atoms with van der Waals surface area (Å²) < 4.78 is 2.77. The van der Waals surface area contributed by atoms with E-state index in [0.717, 1.165) is 21.1 Å². The van der Waals surface area contributed by atoms with Gasteiger partial charge in [0.25, 0.3) is 0 Å². The van der Waals surface area contributed by atoms with Crippen LogP contribution in [0.15, 0.2) is 89.5 Å². The van der Waals surface area contributed by atoms with E-state index in [2.05, 4.69) is 21.2 Å². The van der Waals surface area contributed by atoms with Gasteiger partial charge in [0.1, 0.15) is 6.54 Å². The van der Waals surface area contributed by atoms with Gasteiger partial charge in [-0.15, -0.1) is 0 Å². The molecule has 4 nitrogen and oxygen atoms in total. The highest BCUT2D eigenvalue weighted by molar-refractivity contribution is 9.10. The standard InChI is InChI=1S/C23H17BrN2O2/c24-17-10-12-18(13-11-17)25-22(27)15-26-14-20(19-8-4-5-9-21(19)26)23(28)16-6-2-1-3-7-16/h1-14H,15H2,(H,25,27). The molecule has 0 aliphatic heterocycles. The number of rotatable bonds is 5. The van der Waals surface area contributed by atoms with Crippen molar-refractivity contribution < 1.29 is 9.59 Å². The minimum Gasteiger partial charge on any atom is -0.337 e. The van der Waals surface area contributed by atoms with Crippen molar-refractivity contribution in [1.29, 1.82) is 0 Å². The van der Waals surface area contributed by atoms with E-state index in [0.29, 0.717) is 11.1 Å². The van der Waals surface area contributed by atoms with Crippen molar-refractivity contribution in [3.8, 4) is 0 Å². The largest absolute Gasteiger partial charge is 0.337 e. The lowest BCUT2D eigenvalue weighted by molar-refractivity contribution is -0.116. The average molecular weight is 433 g/mol. The lowest BCUT2D eigenvalue weighted by Gasteiger charge is -2.07. The summed E-state index contributed by atoms with van der Waals surface area (Å²) in [7, 11) is 0. The minimum absolute atomic E-state index is 0.0520. The molecule has 0 bridgehead atoms. The number of nitrogens with zero attached hydrogens (tertiary/aromatic N) is 1. The number of ketones is 1. The van der Waals surface area contributed by atoms with Crippen LogP contribution < -0.4 is 5.32 Å². The molecule has 0 aliphatic carbocycles. The lowest BCUT2D eigenvalue weighted by Crippen LogP contribution is -2.18. The molecule has 1 amide bonds. The normalized spacial score (nSPS) is 10.8. The maximum Gasteiger partial charge on any atom is 0.244 e. The van der Waals surface area contributed by atoms with Gasteiger partial charge in [-0.3, -0.25) is 9.59 Å². The maximum atomic E-state index is 13.0. The summed E-state index contributed by atoms with van der Waals surface area (Å²) >= 11 is 3.38. The summed E-state index contributed by atoms with van der Waals surface area (Å²) in [5.74, 6) is -0.203. The highest BCUT2D eigenvalue weighted by atomic mass is 79.9. The molecule has 0 fully saturated rings. The van der Waals surface area contributed by atoms with E-state index in [1.54, 1.807) is 18.3 Å². The fourth-order valence-corrected chi connectivity index (χ4v) is 3.46. The molecule has 0 saturated heterocycles. The number of carbonyl (C=O) groups excluding carboxylic acids is 2. The Bertz CT molecular complexity index is 1150. The Morgan fingerprint density at radius 1 is 0.857 bits per heavy atom. The smallest absolute Gasteiger partial charge is 0.244 e. The van der Waals surface area contributed by atoms with Gasteiger partial charge in [0, 0.05) is 38.4 Å². The summed E-state index contributed by atoms with van der Waals surface area (Å²) in [6.07, 6.45) is 1.77. The Kier molecular flexibility index (Phi) is 5.08. The van der Waals surface area contributed by atoms with Crippen LogP contribution in [-0.2, 0) is 11.3 Å². The van der Waals surface area contributed by atoms with E-state index in [1.165, 1.54) is 0 Å². The second-order valence-corrected chi connectivity index (χ2v) is 7.35. The Balaban J connectivity index is 1.63. The van der Waals surface area contributed by atoms with Crippen LogP contribution in [-0.4, -0.2) is 16.3 Å². The molecule has 4 rings (SSSR count). The quantitative estimate of drug-likeness (QED) is 0.436. The van der Waals surface area contributed by atoms with Crippen LogP contribution >= 0.6 is 15.9 Å². The number of hydrogen-bond acceptors (Lipinski definition) is 2. The second kappa shape index (κ2) is 7.82. The highest BCUT2D eigenvalue weighted by Crippen LogP contribution is 2.24. The van der Waals surface area contributed by atoms with Crippen LogP contribution in [0, 0.1) is 0 Å². The molecule has 138 valence electrons. The first-order valence-corrected chi connectivity index (χ1v) is 9.64. The van der Waals surface area contributed by atoms with Crippen LogP contribution in [0.3, 0.4) is 0 Å². The number of halogens is 1. The van der Waals surface area contributed by atoms with E-state index in [-0.39, 0.29) is 18.2 Å². The van der Waals surface area contributed by atoms with Gasteiger partial charge in [-0.1, -0.05) is 64.5 Å². The first-order valence-electron chi connectivity index (χ1n) is 8.85. The van der Waals surface area contributed by atoms with Crippen LogP contribution in [0.25, 0.3) is 10.9 Å². The van der Waals surface area contributed by atoms with E-state index in [9.17, 15) is 9.59 Å². The first-order chi connectivity index (χ1) is 13.6. The fraction of sp³-hybridized carbons (Fsp3) is 0.0435. The summed E-state index contributed by atoms with van der Waals surface area (Å²) in [5.41, 5.74) is 2.81. The molecule has 3 aromatic carbocycles. The van der Waals surface area contributed by atoms with Crippen molar-refractivity contribution in [2.75, 3.05) is 5.32 Å². The molecular formula is C23H17BrN2O2. The van der Waals surface area contributed by atoms with Gasteiger partial charge in [0.15, 0.2) is 5.78 Å². The van der Waals surface area contributed by atoms with Gasteiger partial charge in [-0.2, -0.15) is 0 Å². The van der Waals surface area contributed by atoms with E-state index in [4.69, 9.17) is 0 Å². The van der Waals surface area contributed by atoms with Gasteiger partial charge in [0.2, 0.25) is 5.91 Å². The van der Waals surface area contributed by atoms with Gasteiger partial charge < -0.3 is 9.88 Å². The van der Waals surface area contributed by atoms with E-state index < -0.39 is 0 Å². The molecular weight excluding hydrogens is 416 g/mol. The molecule has 4 aromatic rings. The molecule has 0 spiro atoms. The molecule has 1 aromatic heterocycles. The summed E-state index contributed by atoms with van der Waals surface area (Å²) in [6, 6.07) is 24.2. The molecule has 1 heterocycles. The number of aromatic nitrogens is 1. The Morgan fingerprint density at radius 3 is 2.29 bits per heavy atom. The third kappa shape index (κ3) is 3.75. The summed E-state index contributed by atoms with van der Waals surface area (Å²) in [6.45, 7) is 0.124. The van der Waals surface area contributed by atoms with Crippen molar-refractivity contribution >= 4 is 44.2 Å². The number of benzene rings is 3. The second-order valence-electron chi connectivity index (χ2n) is 6.44. The predicted octanol–water partition coefficient (Wildman–Crippen LogP) is 5.27. The van der Waals surface area contributed by atoms with Crippen molar-refractivity contribution in [2.45, 2.75) is 6.54 Å². The first kappa shape index (κ1) is 18.2. The zero-order valence-corrected chi connectivity index (χ0v) is 16.5. The SMILES string of the molecule is O=C(Cn1cc(C(=O)c2ccccc2)c2ccccc21)Nc1ccc(Br)cc1. The van der Waals surface area contributed by atoms with Crippen molar-refractivity contribution in [3.05, 3.63) is 101 Å². The van der Waals surface area contributed by atoms with Crippen molar-refractivity contribution in [3.63, 3.8) is 0 Å². The van der Waals surface area contributed by atoms with Crippen LogP contribution in [0.1, 0.15) is 15.9 Å². The number of amides is 1. The van der Waals surface area contributed by atoms with Gasteiger partial charge in [-0.25, -0.2) is 0 Å². The van der Waals surface area contributed by atoms with Crippen LogP contribution in [0.2, 0.25) is 0 Å². The Labute approximate surface area is 170 Å². The minimum atomic E-state index is -0.151. The molecule has 0 atom stereocenters. The fourth-order valence-electron chi connectivity index (χ4n) is 3.19. The number of anilines is 1. The average Bonchev–Trinajstić information content (AvgIpc) is 3.08. The Morgan fingerprint density at radius 2 is 1.54 bits per heavy atom. The van der Waals surface area contributed by atoms with E-state index in [1.807, 2.05) is 71.3 Å². The number of nitrogens with one attached hydrogen (secondary N) is 1. The molecule has 28 heavy (non-hydrogen) atoms. The zero-order valence-electron chi connectivity index (χ0n) is 14.9. The van der Waals surface area contributed by atoms with Gasteiger partial charge in [-0.05, 0) is 30.3 Å².